The predicted octanol–water partition coefficient (Wildman–Crippen LogP) is 3.56. The van der Waals surface area contributed by atoms with Crippen molar-refractivity contribution in [2.75, 3.05) is 14.2 Å². The van der Waals surface area contributed by atoms with E-state index in [2.05, 4.69) is 31.2 Å². The first kappa shape index (κ1) is 15.4. The van der Waals surface area contributed by atoms with Crippen LogP contribution in [0.3, 0.4) is 0 Å². The highest BCUT2D eigenvalue weighted by atomic mass is 16.5. The highest BCUT2D eigenvalue weighted by molar-refractivity contribution is 5.48. The molecule has 0 amide bonds. The summed E-state index contributed by atoms with van der Waals surface area (Å²) in [7, 11) is 3.28. The molecule has 0 saturated heterocycles. The van der Waals surface area contributed by atoms with Gasteiger partial charge in [-0.25, -0.2) is 0 Å². The van der Waals surface area contributed by atoms with Gasteiger partial charge < -0.3 is 15.2 Å². The fourth-order valence-electron chi connectivity index (χ4n) is 2.48. The van der Waals surface area contributed by atoms with Crippen LogP contribution in [0.2, 0.25) is 0 Å². The van der Waals surface area contributed by atoms with E-state index in [-0.39, 0.29) is 6.04 Å². The minimum Gasteiger partial charge on any atom is -0.493 e. The molecule has 2 N–H and O–H groups in total. The molecule has 0 aliphatic carbocycles. The van der Waals surface area contributed by atoms with Gasteiger partial charge in [-0.3, -0.25) is 0 Å². The Morgan fingerprint density at radius 3 is 2.10 bits per heavy atom. The van der Waals surface area contributed by atoms with Crippen LogP contribution < -0.4 is 15.2 Å². The molecule has 0 radical (unpaired) electrons. The molecule has 2 aromatic carbocycles. The summed E-state index contributed by atoms with van der Waals surface area (Å²) in [5, 5.41) is 0. The van der Waals surface area contributed by atoms with E-state index in [4.69, 9.17) is 15.2 Å². The van der Waals surface area contributed by atoms with Crippen molar-refractivity contribution in [1.82, 2.24) is 0 Å². The minimum absolute atomic E-state index is 0.0625. The quantitative estimate of drug-likeness (QED) is 0.913. The third kappa shape index (κ3) is 3.56. The van der Waals surface area contributed by atoms with Crippen molar-refractivity contribution in [1.29, 1.82) is 0 Å². The fourth-order valence-corrected chi connectivity index (χ4v) is 2.48. The predicted molar refractivity (Wildman–Crippen MR) is 86.1 cm³/mol. The molecule has 0 saturated carbocycles. The van der Waals surface area contributed by atoms with Crippen LogP contribution in [-0.2, 0) is 6.42 Å². The largest absolute Gasteiger partial charge is 0.493 e. The van der Waals surface area contributed by atoms with Crippen molar-refractivity contribution >= 4 is 0 Å². The molecule has 2 aromatic rings. The lowest BCUT2D eigenvalue weighted by Gasteiger charge is -2.18. The topological polar surface area (TPSA) is 44.5 Å². The van der Waals surface area contributed by atoms with Crippen LogP contribution in [0.15, 0.2) is 36.4 Å². The summed E-state index contributed by atoms with van der Waals surface area (Å²) in [5.41, 5.74) is 11.1. The van der Waals surface area contributed by atoms with E-state index in [0.717, 1.165) is 29.0 Å². The summed E-state index contributed by atoms with van der Waals surface area (Å²) < 4.78 is 10.7. The van der Waals surface area contributed by atoms with Crippen molar-refractivity contribution in [2.24, 2.45) is 5.73 Å². The fraction of sp³-hybridized carbons (Fsp3) is 0.333. The van der Waals surface area contributed by atoms with E-state index in [9.17, 15) is 0 Å². The molecule has 0 bridgehead atoms. The molecular formula is C18H23NO2. The van der Waals surface area contributed by atoms with Crippen LogP contribution in [0.25, 0.3) is 0 Å². The minimum atomic E-state index is -0.0625. The highest BCUT2D eigenvalue weighted by Gasteiger charge is 2.14. The number of methoxy groups -OCH3 is 2. The van der Waals surface area contributed by atoms with Crippen LogP contribution >= 0.6 is 0 Å². The summed E-state index contributed by atoms with van der Waals surface area (Å²) in [6, 6.07) is 12.4. The highest BCUT2D eigenvalue weighted by Crippen LogP contribution is 2.33. The van der Waals surface area contributed by atoms with E-state index in [0.29, 0.717) is 0 Å². The molecule has 112 valence electrons. The lowest BCUT2D eigenvalue weighted by atomic mass is 9.95. The summed E-state index contributed by atoms with van der Waals surface area (Å²) >= 11 is 0. The SMILES string of the molecule is COc1cc(C)c(C(N)Cc2ccc(C)cc2)cc1OC. The Balaban J connectivity index is 2.26. The summed E-state index contributed by atoms with van der Waals surface area (Å²) in [6.45, 7) is 4.13. The normalized spacial score (nSPS) is 12.0. The summed E-state index contributed by atoms with van der Waals surface area (Å²) in [5.74, 6) is 1.46. The van der Waals surface area contributed by atoms with Gasteiger partial charge in [0.15, 0.2) is 11.5 Å². The smallest absolute Gasteiger partial charge is 0.161 e. The number of aryl methyl sites for hydroxylation is 2. The zero-order chi connectivity index (χ0) is 15.4. The molecule has 0 aliphatic rings. The Hall–Kier alpha value is -2.00. The number of ether oxygens (including phenoxy) is 2. The molecule has 0 heterocycles. The van der Waals surface area contributed by atoms with Gasteiger partial charge in [0.05, 0.1) is 14.2 Å². The molecule has 1 unspecified atom stereocenters. The second-order valence-corrected chi connectivity index (χ2v) is 5.36. The Morgan fingerprint density at radius 2 is 1.52 bits per heavy atom. The van der Waals surface area contributed by atoms with Gasteiger partial charge in [-0.1, -0.05) is 29.8 Å². The van der Waals surface area contributed by atoms with Crippen molar-refractivity contribution in [2.45, 2.75) is 26.3 Å². The third-order valence-electron chi connectivity index (χ3n) is 3.75. The van der Waals surface area contributed by atoms with Gasteiger partial charge in [-0.15, -0.1) is 0 Å². The van der Waals surface area contributed by atoms with Gasteiger partial charge in [-0.05, 0) is 49.1 Å². The van der Waals surface area contributed by atoms with Crippen molar-refractivity contribution in [3.63, 3.8) is 0 Å². The monoisotopic (exact) mass is 285 g/mol. The first-order valence-corrected chi connectivity index (χ1v) is 7.08. The first-order valence-electron chi connectivity index (χ1n) is 7.08. The van der Waals surface area contributed by atoms with Gasteiger partial charge in [0.1, 0.15) is 0 Å². The number of rotatable bonds is 5. The second-order valence-electron chi connectivity index (χ2n) is 5.36. The lowest BCUT2D eigenvalue weighted by Crippen LogP contribution is -2.15. The van der Waals surface area contributed by atoms with Gasteiger partial charge in [0.2, 0.25) is 0 Å². The maximum Gasteiger partial charge on any atom is 0.161 e. The molecule has 21 heavy (non-hydrogen) atoms. The maximum absolute atomic E-state index is 6.38. The number of nitrogens with two attached hydrogens (primary N) is 1. The Bertz CT molecular complexity index is 605. The molecule has 0 aromatic heterocycles. The van der Waals surface area contributed by atoms with Gasteiger partial charge >= 0.3 is 0 Å². The van der Waals surface area contributed by atoms with Crippen molar-refractivity contribution in [3.8, 4) is 11.5 Å². The number of hydrogen-bond acceptors (Lipinski definition) is 3. The molecule has 0 fully saturated rings. The van der Waals surface area contributed by atoms with Crippen LogP contribution in [0, 0.1) is 13.8 Å². The van der Waals surface area contributed by atoms with Crippen LogP contribution in [0.4, 0.5) is 0 Å². The molecule has 3 nitrogen and oxygen atoms in total. The van der Waals surface area contributed by atoms with E-state index < -0.39 is 0 Å². The molecule has 3 heteroatoms. The first-order chi connectivity index (χ1) is 10.0. The summed E-state index contributed by atoms with van der Waals surface area (Å²) in [6.07, 6.45) is 0.802. The van der Waals surface area contributed by atoms with Crippen molar-refractivity contribution < 1.29 is 9.47 Å². The molecule has 0 spiro atoms. The Morgan fingerprint density at radius 1 is 0.952 bits per heavy atom. The zero-order valence-corrected chi connectivity index (χ0v) is 13.1. The second kappa shape index (κ2) is 6.64. The number of hydrogen-bond donors (Lipinski definition) is 1. The van der Waals surface area contributed by atoms with E-state index in [1.165, 1.54) is 11.1 Å². The lowest BCUT2D eigenvalue weighted by molar-refractivity contribution is 0.354. The maximum atomic E-state index is 6.38. The Labute approximate surface area is 126 Å². The molecule has 2 rings (SSSR count). The summed E-state index contributed by atoms with van der Waals surface area (Å²) in [4.78, 5) is 0. The van der Waals surface area contributed by atoms with Crippen molar-refractivity contribution in [3.05, 3.63) is 58.7 Å². The van der Waals surface area contributed by atoms with E-state index in [1.54, 1.807) is 14.2 Å². The average Bonchev–Trinajstić information content (AvgIpc) is 2.49. The van der Waals surface area contributed by atoms with Crippen LogP contribution in [0.5, 0.6) is 11.5 Å². The average molecular weight is 285 g/mol. The standard InChI is InChI=1S/C18H23NO2/c1-12-5-7-14(8-6-12)10-16(19)15-11-18(21-4)17(20-3)9-13(15)2/h5-9,11,16H,10,19H2,1-4H3. The zero-order valence-electron chi connectivity index (χ0n) is 13.1. The van der Waals surface area contributed by atoms with Gasteiger partial charge in [-0.2, -0.15) is 0 Å². The van der Waals surface area contributed by atoms with Crippen LogP contribution in [0.1, 0.15) is 28.3 Å². The van der Waals surface area contributed by atoms with Gasteiger partial charge in [0.25, 0.3) is 0 Å². The molecular weight excluding hydrogens is 262 g/mol. The Kier molecular flexibility index (Phi) is 4.86. The third-order valence-corrected chi connectivity index (χ3v) is 3.75. The van der Waals surface area contributed by atoms with E-state index >= 15 is 0 Å². The van der Waals surface area contributed by atoms with Gasteiger partial charge in [0, 0.05) is 6.04 Å². The number of benzene rings is 2. The molecule has 1 atom stereocenters. The van der Waals surface area contributed by atoms with E-state index in [1.807, 2.05) is 19.1 Å². The van der Waals surface area contributed by atoms with Crippen LogP contribution in [-0.4, -0.2) is 14.2 Å². The molecule has 0 aliphatic heterocycles.